The number of hydrogen-bond acceptors (Lipinski definition) is 3. The lowest BCUT2D eigenvalue weighted by Crippen LogP contribution is -1.95. The first-order chi connectivity index (χ1) is 10.1. The van der Waals surface area contributed by atoms with E-state index < -0.39 is 4.92 Å². The molecule has 4 rings (SSSR count). The molecule has 1 aliphatic rings. The minimum absolute atomic E-state index is 0.0272. The lowest BCUT2D eigenvalue weighted by Gasteiger charge is -1.93. The Balaban J connectivity index is 2.03. The number of nitrogens with zero attached hydrogens (tertiary/aromatic N) is 1. The molecule has 1 aromatic heterocycles. The Morgan fingerprint density at radius 3 is 2.48 bits per heavy atom. The van der Waals surface area contributed by atoms with Crippen LogP contribution in [0.1, 0.15) is 15.9 Å². The van der Waals surface area contributed by atoms with Gasteiger partial charge in [-0.2, -0.15) is 0 Å². The maximum atomic E-state index is 12.4. The van der Waals surface area contributed by atoms with Crippen molar-refractivity contribution in [3.63, 3.8) is 0 Å². The Morgan fingerprint density at radius 1 is 0.952 bits per heavy atom. The van der Waals surface area contributed by atoms with Gasteiger partial charge in [-0.15, -0.1) is 0 Å². The van der Waals surface area contributed by atoms with Gasteiger partial charge in [-0.3, -0.25) is 14.9 Å². The topological polar surface area (TPSA) is 71.5 Å². The van der Waals surface area contributed by atoms with Crippen LogP contribution in [0.25, 0.3) is 22.3 Å². The second-order valence-corrected chi connectivity index (χ2v) is 4.84. The Kier molecular flexibility index (Phi) is 2.21. The second kappa shape index (κ2) is 3.96. The minimum atomic E-state index is -0.469. The Morgan fingerprint density at radius 2 is 1.71 bits per heavy atom. The summed E-state index contributed by atoms with van der Waals surface area (Å²) in [6.45, 7) is 0. The van der Waals surface area contributed by atoms with Crippen LogP contribution >= 0.6 is 0 Å². The van der Waals surface area contributed by atoms with E-state index in [0.717, 1.165) is 5.56 Å². The third-order valence-electron chi connectivity index (χ3n) is 3.62. The monoisotopic (exact) mass is 278 g/mol. The Bertz CT molecular complexity index is 946. The van der Waals surface area contributed by atoms with Crippen LogP contribution in [-0.2, 0) is 0 Å². The van der Waals surface area contributed by atoms with Crippen LogP contribution in [0.2, 0.25) is 0 Å². The van der Waals surface area contributed by atoms with E-state index in [-0.39, 0.29) is 11.5 Å². The summed E-state index contributed by atoms with van der Waals surface area (Å²) in [6.07, 6.45) is 0. The normalized spacial score (nSPS) is 12.3. The fourth-order valence-electron chi connectivity index (χ4n) is 2.63. The molecule has 21 heavy (non-hydrogen) atoms. The highest BCUT2D eigenvalue weighted by atomic mass is 16.6. The van der Waals surface area contributed by atoms with E-state index in [9.17, 15) is 14.9 Å². The van der Waals surface area contributed by atoms with E-state index in [0.29, 0.717) is 27.9 Å². The predicted molar refractivity (Wildman–Crippen MR) is 76.1 cm³/mol. The molecule has 0 fully saturated rings. The molecule has 5 nitrogen and oxygen atoms in total. The van der Waals surface area contributed by atoms with Gasteiger partial charge in [0.05, 0.1) is 21.9 Å². The van der Waals surface area contributed by atoms with E-state index in [1.165, 1.54) is 12.1 Å². The Labute approximate surface area is 118 Å². The fraction of sp³-hybridized carbons (Fsp3) is 0. The number of benzene rings is 2. The number of rotatable bonds is 1. The number of hydrogen-bond donors (Lipinski definition) is 0. The van der Waals surface area contributed by atoms with Crippen LogP contribution in [0, 0.1) is 10.1 Å². The van der Waals surface area contributed by atoms with Gasteiger partial charge in [0.15, 0.2) is 0 Å². The van der Waals surface area contributed by atoms with Gasteiger partial charge < -0.3 is 0 Å². The van der Waals surface area contributed by atoms with Crippen LogP contribution < -0.4 is 0 Å². The maximum absolute atomic E-state index is 12.4. The molecular formula is C16H8NO4+. The molecule has 0 radical (unpaired) electrons. The molecule has 0 atom stereocenters. The summed E-state index contributed by atoms with van der Waals surface area (Å²) < 4.78 is 5.79. The van der Waals surface area contributed by atoms with Gasteiger partial charge in [-0.05, 0) is 12.1 Å². The molecule has 0 bridgehead atoms. The average molecular weight is 278 g/mol. The largest absolute Gasteiger partial charge is 0.372 e. The number of nitro groups is 1. The summed E-state index contributed by atoms with van der Waals surface area (Å²) in [4.78, 5) is 22.7. The molecule has 0 aliphatic heterocycles. The quantitative estimate of drug-likeness (QED) is 0.301. The van der Waals surface area contributed by atoms with Gasteiger partial charge in [0.2, 0.25) is 5.78 Å². The smallest absolute Gasteiger partial charge is 0.288 e. The SMILES string of the molecule is O=C1c2ccccc2-c2[o+]c3ccc([N+](=O)[O-])cc3cc21. The predicted octanol–water partition coefficient (Wildman–Crippen LogP) is 3.83. The van der Waals surface area contributed by atoms with Gasteiger partial charge in [-0.25, -0.2) is 4.42 Å². The molecule has 100 valence electrons. The van der Waals surface area contributed by atoms with Crippen LogP contribution in [0.4, 0.5) is 5.69 Å². The molecule has 5 heteroatoms. The number of ketones is 1. The average Bonchev–Trinajstić information content (AvgIpc) is 2.78. The molecular weight excluding hydrogens is 270 g/mol. The summed E-state index contributed by atoms with van der Waals surface area (Å²) in [7, 11) is 0. The standard InChI is InChI=1S/C16H8NO4/c18-15-11-3-1-2-4-12(11)16-13(15)8-9-7-10(17(19)20)5-6-14(9)21-16/h1-8H/q+1. The molecule has 3 aromatic rings. The van der Waals surface area contributed by atoms with Crippen molar-refractivity contribution in [3.05, 3.63) is 69.8 Å². The van der Waals surface area contributed by atoms with E-state index in [4.69, 9.17) is 4.42 Å². The maximum Gasteiger partial charge on any atom is 0.372 e. The van der Waals surface area contributed by atoms with Crippen molar-refractivity contribution in [2.75, 3.05) is 0 Å². The highest BCUT2D eigenvalue weighted by Crippen LogP contribution is 2.39. The van der Waals surface area contributed by atoms with E-state index in [2.05, 4.69) is 0 Å². The third kappa shape index (κ3) is 1.57. The van der Waals surface area contributed by atoms with Crippen molar-refractivity contribution >= 4 is 22.4 Å². The lowest BCUT2D eigenvalue weighted by molar-refractivity contribution is -0.384. The van der Waals surface area contributed by atoms with Crippen molar-refractivity contribution in [2.45, 2.75) is 0 Å². The Hall–Kier alpha value is -3.08. The lowest BCUT2D eigenvalue weighted by atomic mass is 10.1. The molecule has 0 amide bonds. The van der Waals surface area contributed by atoms with E-state index in [1.54, 1.807) is 24.3 Å². The zero-order valence-electron chi connectivity index (χ0n) is 10.7. The molecule has 0 saturated carbocycles. The first-order valence-corrected chi connectivity index (χ1v) is 6.34. The molecule has 1 heterocycles. The highest BCUT2D eigenvalue weighted by Gasteiger charge is 2.37. The van der Waals surface area contributed by atoms with Crippen LogP contribution in [0.15, 0.2) is 52.9 Å². The van der Waals surface area contributed by atoms with Crippen molar-refractivity contribution in [3.8, 4) is 11.3 Å². The summed E-state index contributed by atoms with van der Waals surface area (Å²) in [6, 6.07) is 13.2. The fourth-order valence-corrected chi connectivity index (χ4v) is 2.63. The third-order valence-corrected chi connectivity index (χ3v) is 3.62. The van der Waals surface area contributed by atoms with E-state index >= 15 is 0 Å². The number of non-ortho nitro benzene ring substituents is 1. The van der Waals surface area contributed by atoms with Crippen molar-refractivity contribution < 1.29 is 14.1 Å². The first-order valence-electron chi connectivity index (χ1n) is 6.34. The van der Waals surface area contributed by atoms with Crippen molar-refractivity contribution in [1.29, 1.82) is 0 Å². The van der Waals surface area contributed by atoms with Gasteiger partial charge >= 0.3 is 11.3 Å². The minimum Gasteiger partial charge on any atom is -0.288 e. The summed E-state index contributed by atoms with van der Waals surface area (Å²) >= 11 is 0. The number of nitro benzene ring substituents is 1. The molecule has 2 aromatic carbocycles. The van der Waals surface area contributed by atoms with Crippen molar-refractivity contribution in [2.24, 2.45) is 0 Å². The summed E-state index contributed by atoms with van der Waals surface area (Å²) in [5, 5.41) is 11.4. The van der Waals surface area contributed by atoms with Crippen LogP contribution in [0.3, 0.4) is 0 Å². The number of fused-ring (bicyclic) bond motifs is 4. The molecule has 0 unspecified atom stereocenters. The van der Waals surface area contributed by atoms with Crippen molar-refractivity contribution in [1.82, 2.24) is 0 Å². The van der Waals surface area contributed by atoms with E-state index in [1.807, 2.05) is 12.1 Å². The van der Waals surface area contributed by atoms with Gasteiger partial charge in [0, 0.05) is 17.7 Å². The van der Waals surface area contributed by atoms with Crippen LogP contribution in [0.5, 0.6) is 0 Å². The summed E-state index contributed by atoms with van der Waals surface area (Å²) in [5.41, 5.74) is 2.30. The highest BCUT2D eigenvalue weighted by molar-refractivity contribution is 6.21. The zero-order chi connectivity index (χ0) is 14.6. The van der Waals surface area contributed by atoms with Gasteiger partial charge in [-0.1, -0.05) is 18.2 Å². The van der Waals surface area contributed by atoms with Gasteiger partial charge in [0.25, 0.3) is 5.69 Å². The molecule has 0 saturated heterocycles. The number of carbonyl (C=O) groups is 1. The number of carbonyl (C=O) groups excluding carboxylic acids is 1. The second-order valence-electron chi connectivity index (χ2n) is 4.84. The van der Waals surface area contributed by atoms with Crippen LogP contribution in [-0.4, -0.2) is 10.7 Å². The summed E-state index contributed by atoms with van der Waals surface area (Å²) in [5.74, 6) is 0.412. The first kappa shape index (κ1) is 11.7. The molecule has 1 aliphatic carbocycles. The molecule has 0 spiro atoms. The van der Waals surface area contributed by atoms with Gasteiger partial charge in [0.1, 0.15) is 5.56 Å². The zero-order valence-corrected chi connectivity index (χ0v) is 10.7. The molecule has 0 N–H and O–H groups in total.